The second-order valence-corrected chi connectivity index (χ2v) is 7.30. The second-order valence-electron chi connectivity index (χ2n) is 6.36. The molecular formula is C19H18F6N2O4S. The zero-order valence-electron chi connectivity index (χ0n) is 16.8. The van der Waals surface area contributed by atoms with Crippen LogP contribution in [-0.2, 0) is 28.4 Å². The fraction of sp³-hybridized carbons (Fsp3) is 0.421. The molecule has 0 aliphatic heterocycles. The van der Waals surface area contributed by atoms with Gasteiger partial charge in [-0.05, 0) is 25.1 Å². The number of hydrogen-bond donors (Lipinski definition) is 0. The van der Waals surface area contributed by atoms with Crippen molar-refractivity contribution in [2.24, 2.45) is 0 Å². The lowest BCUT2D eigenvalue weighted by Gasteiger charge is -2.22. The zero-order chi connectivity index (χ0) is 24.1. The minimum atomic E-state index is -5.09. The highest BCUT2D eigenvalue weighted by Gasteiger charge is 2.38. The number of methoxy groups -OCH3 is 1. The number of rotatable bonds is 8. The number of alkyl halides is 6. The normalized spacial score (nSPS) is 12.0. The summed E-state index contributed by atoms with van der Waals surface area (Å²) in [5, 5.41) is 1.61. The van der Waals surface area contributed by atoms with E-state index in [-0.39, 0.29) is 43.1 Å². The first kappa shape index (κ1) is 25.6. The summed E-state index contributed by atoms with van der Waals surface area (Å²) in [6.07, 6.45) is -10.2. The topological polar surface area (TPSA) is 68.7 Å². The van der Waals surface area contributed by atoms with E-state index in [4.69, 9.17) is 9.47 Å². The van der Waals surface area contributed by atoms with E-state index in [1.807, 2.05) is 0 Å². The number of esters is 1. The molecule has 0 spiro atoms. The Balaban J connectivity index is 2.39. The van der Waals surface area contributed by atoms with Crippen LogP contribution in [0.3, 0.4) is 0 Å². The lowest BCUT2D eigenvalue weighted by atomic mass is 10.0. The molecule has 0 saturated heterocycles. The van der Waals surface area contributed by atoms with Crippen LogP contribution in [0.15, 0.2) is 23.6 Å². The molecule has 13 heteroatoms. The molecular weight excluding hydrogens is 466 g/mol. The molecule has 176 valence electrons. The molecule has 1 heterocycles. The molecule has 0 unspecified atom stereocenters. The molecule has 0 saturated carbocycles. The van der Waals surface area contributed by atoms with Crippen LogP contribution in [0.1, 0.15) is 43.9 Å². The highest BCUT2D eigenvalue weighted by molar-refractivity contribution is 7.09. The van der Waals surface area contributed by atoms with Crippen LogP contribution < -0.4 is 0 Å². The van der Waals surface area contributed by atoms with Crippen LogP contribution in [0.2, 0.25) is 0 Å². The van der Waals surface area contributed by atoms with E-state index in [1.54, 1.807) is 6.92 Å². The van der Waals surface area contributed by atoms with Crippen LogP contribution in [0.4, 0.5) is 26.3 Å². The molecule has 0 N–H and O–H groups in total. The van der Waals surface area contributed by atoms with E-state index < -0.39 is 40.9 Å². The van der Waals surface area contributed by atoms with Crippen molar-refractivity contribution >= 4 is 23.2 Å². The minimum Gasteiger partial charge on any atom is -0.461 e. The Kier molecular flexibility index (Phi) is 8.24. The van der Waals surface area contributed by atoms with Gasteiger partial charge in [0.2, 0.25) is 0 Å². The summed E-state index contributed by atoms with van der Waals surface area (Å²) in [7, 11) is 1.32. The SMILES string of the molecule is CCOC(=O)c1csc(CN(CCOC)C(=O)c2cc(C(F)(F)F)cc(C(F)(F)F)c2)n1. The van der Waals surface area contributed by atoms with Gasteiger partial charge in [-0.3, -0.25) is 4.79 Å². The minimum absolute atomic E-state index is 0.0237. The molecule has 0 atom stereocenters. The average Bonchev–Trinajstić information content (AvgIpc) is 3.18. The van der Waals surface area contributed by atoms with Gasteiger partial charge in [-0.25, -0.2) is 9.78 Å². The van der Waals surface area contributed by atoms with Crippen LogP contribution >= 0.6 is 11.3 Å². The molecule has 2 aromatic rings. The largest absolute Gasteiger partial charge is 0.461 e. The molecule has 1 aromatic carbocycles. The van der Waals surface area contributed by atoms with Gasteiger partial charge in [0, 0.05) is 24.6 Å². The molecule has 32 heavy (non-hydrogen) atoms. The summed E-state index contributed by atoms with van der Waals surface area (Å²) in [4.78, 5) is 29.6. The van der Waals surface area contributed by atoms with Crippen molar-refractivity contribution in [3.63, 3.8) is 0 Å². The maximum Gasteiger partial charge on any atom is 0.416 e. The molecule has 1 aromatic heterocycles. The van der Waals surface area contributed by atoms with E-state index in [0.717, 1.165) is 16.2 Å². The molecule has 0 aliphatic rings. The fourth-order valence-electron chi connectivity index (χ4n) is 2.56. The summed E-state index contributed by atoms with van der Waals surface area (Å²) < 4.78 is 88.5. The summed E-state index contributed by atoms with van der Waals surface area (Å²) in [5.41, 5.74) is -4.00. The summed E-state index contributed by atoms with van der Waals surface area (Å²) in [5.74, 6) is -1.77. The second kappa shape index (κ2) is 10.3. The number of carbonyl (C=O) groups excluding carboxylic acids is 2. The van der Waals surface area contributed by atoms with Gasteiger partial charge in [0.15, 0.2) is 5.69 Å². The Morgan fingerprint density at radius 1 is 1.06 bits per heavy atom. The maximum absolute atomic E-state index is 13.1. The predicted molar refractivity (Wildman–Crippen MR) is 101 cm³/mol. The number of ether oxygens (including phenoxy) is 2. The van der Waals surface area contributed by atoms with Gasteiger partial charge in [0.25, 0.3) is 5.91 Å². The Bertz CT molecular complexity index is 926. The molecule has 2 rings (SSSR count). The van der Waals surface area contributed by atoms with Crippen molar-refractivity contribution < 1.29 is 45.4 Å². The fourth-order valence-corrected chi connectivity index (χ4v) is 3.34. The molecule has 0 radical (unpaired) electrons. The van der Waals surface area contributed by atoms with Crippen molar-refractivity contribution in [1.29, 1.82) is 0 Å². The molecule has 1 amide bonds. The first-order chi connectivity index (χ1) is 14.9. The summed E-state index contributed by atoms with van der Waals surface area (Å²) >= 11 is 0.986. The van der Waals surface area contributed by atoms with Crippen molar-refractivity contribution in [1.82, 2.24) is 9.88 Å². The highest BCUT2D eigenvalue weighted by Crippen LogP contribution is 2.36. The zero-order valence-corrected chi connectivity index (χ0v) is 17.7. The van der Waals surface area contributed by atoms with Gasteiger partial charge in [0.1, 0.15) is 5.01 Å². The van der Waals surface area contributed by atoms with Crippen molar-refractivity contribution in [3.8, 4) is 0 Å². The van der Waals surface area contributed by atoms with Gasteiger partial charge in [-0.2, -0.15) is 26.3 Å². The van der Waals surface area contributed by atoms with Crippen molar-refractivity contribution in [2.75, 3.05) is 26.9 Å². The predicted octanol–water partition coefficient (Wildman–Crippen LogP) is 4.65. The average molecular weight is 484 g/mol. The van der Waals surface area contributed by atoms with Crippen LogP contribution in [-0.4, -0.2) is 48.6 Å². The Morgan fingerprint density at radius 2 is 1.66 bits per heavy atom. The molecule has 0 aliphatic carbocycles. The number of aromatic nitrogens is 1. The van der Waals surface area contributed by atoms with E-state index >= 15 is 0 Å². The summed E-state index contributed by atoms with van der Waals surface area (Å²) in [6.45, 7) is 1.28. The number of benzene rings is 1. The van der Waals surface area contributed by atoms with Crippen molar-refractivity contribution in [3.05, 3.63) is 51.0 Å². The lowest BCUT2D eigenvalue weighted by Crippen LogP contribution is -2.34. The number of nitrogens with zero attached hydrogens (tertiary/aromatic N) is 2. The Hall–Kier alpha value is -2.67. The van der Waals surface area contributed by atoms with Crippen molar-refractivity contribution in [2.45, 2.75) is 25.8 Å². The quantitative estimate of drug-likeness (QED) is 0.403. The number of hydrogen-bond acceptors (Lipinski definition) is 6. The maximum atomic E-state index is 13.1. The molecule has 0 fully saturated rings. The van der Waals surface area contributed by atoms with E-state index in [0.29, 0.717) is 12.1 Å². The van der Waals surface area contributed by atoms with E-state index in [1.165, 1.54) is 12.5 Å². The lowest BCUT2D eigenvalue weighted by molar-refractivity contribution is -0.143. The third-order valence-corrected chi connectivity index (χ3v) is 4.88. The van der Waals surface area contributed by atoms with Gasteiger partial charge in [0.05, 0.1) is 30.9 Å². The number of amides is 1. The molecule has 0 bridgehead atoms. The van der Waals surface area contributed by atoms with E-state index in [2.05, 4.69) is 4.98 Å². The first-order valence-corrected chi connectivity index (χ1v) is 9.94. The molecule has 6 nitrogen and oxygen atoms in total. The number of carbonyl (C=O) groups is 2. The van der Waals surface area contributed by atoms with Crippen LogP contribution in [0.5, 0.6) is 0 Å². The number of halogens is 6. The van der Waals surface area contributed by atoms with E-state index in [9.17, 15) is 35.9 Å². The van der Waals surface area contributed by atoms with Crippen LogP contribution in [0, 0.1) is 0 Å². The third-order valence-electron chi connectivity index (χ3n) is 4.05. The van der Waals surface area contributed by atoms with Gasteiger partial charge in [-0.1, -0.05) is 0 Å². The number of thiazole rings is 1. The Morgan fingerprint density at radius 3 is 2.16 bits per heavy atom. The van der Waals surface area contributed by atoms with Gasteiger partial charge >= 0.3 is 18.3 Å². The van der Waals surface area contributed by atoms with Crippen LogP contribution in [0.25, 0.3) is 0 Å². The third kappa shape index (κ3) is 6.66. The smallest absolute Gasteiger partial charge is 0.416 e. The first-order valence-electron chi connectivity index (χ1n) is 9.06. The summed E-state index contributed by atoms with van der Waals surface area (Å²) in [6, 6.07) is 0.676. The van der Waals surface area contributed by atoms with Gasteiger partial charge in [-0.15, -0.1) is 11.3 Å². The highest BCUT2D eigenvalue weighted by atomic mass is 32.1. The Labute approximate surface area is 182 Å². The monoisotopic (exact) mass is 484 g/mol. The standard InChI is InChI=1S/C19H18F6N2O4S/c1-3-31-17(29)14-10-32-15(26-14)9-27(4-5-30-2)16(28)11-6-12(18(20,21)22)8-13(7-11)19(23,24)25/h6-8,10H,3-5,9H2,1-2H3. The van der Waals surface area contributed by atoms with Gasteiger partial charge < -0.3 is 14.4 Å².